The smallest absolute Gasteiger partial charge is 0.331 e. The normalized spacial score (nSPS) is 12.0. The molecule has 0 heterocycles. The zero-order chi connectivity index (χ0) is 20.7. The number of benzene rings is 2. The first-order valence-electron chi connectivity index (χ1n) is 8.78. The Balaban J connectivity index is 2.05. The minimum absolute atomic E-state index is 0.0144. The van der Waals surface area contributed by atoms with Gasteiger partial charge in [0.1, 0.15) is 6.10 Å². The summed E-state index contributed by atoms with van der Waals surface area (Å²) in [6.07, 6.45) is 2.30. The second-order valence-electron chi connectivity index (χ2n) is 6.34. The summed E-state index contributed by atoms with van der Waals surface area (Å²) >= 11 is 0. The lowest BCUT2D eigenvalue weighted by atomic mass is 10.1. The van der Waals surface area contributed by atoms with E-state index in [-0.39, 0.29) is 11.8 Å². The highest BCUT2D eigenvalue weighted by molar-refractivity contribution is 5.87. The molecule has 2 rings (SSSR count). The largest absolute Gasteiger partial charge is 0.493 e. The summed E-state index contributed by atoms with van der Waals surface area (Å²) in [5, 5.41) is 10.9. The molecule has 0 N–H and O–H groups in total. The highest BCUT2D eigenvalue weighted by Crippen LogP contribution is 2.29. The van der Waals surface area contributed by atoms with Gasteiger partial charge >= 0.3 is 5.97 Å². The SMILES string of the molecule is COc1cc(/C=C/C(=O)O[C@H](C)c2cccc([N+](=O)[O-])c2)ccc1OC(C)C. The third-order valence-corrected chi connectivity index (χ3v) is 3.81. The fourth-order valence-electron chi connectivity index (χ4n) is 2.48. The van der Waals surface area contributed by atoms with Crippen LogP contribution < -0.4 is 9.47 Å². The van der Waals surface area contributed by atoms with Gasteiger partial charge < -0.3 is 14.2 Å². The third kappa shape index (κ3) is 5.84. The van der Waals surface area contributed by atoms with Crippen LogP contribution in [0.5, 0.6) is 11.5 Å². The van der Waals surface area contributed by atoms with Crippen molar-refractivity contribution in [1.82, 2.24) is 0 Å². The van der Waals surface area contributed by atoms with E-state index in [1.807, 2.05) is 13.8 Å². The molecule has 2 aromatic rings. The summed E-state index contributed by atoms with van der Waals surface area (Å²) in [6, 6.07) is 11.3. The van der Waals surface area contributed by atoms with E-state index in [9.17, 15) is 14.9 Å². The number of non-ortho nitro benzene ring substituents is 1. The highest BCUT2D eigenvalue weighted by Gasteiger charge is 2.14. The molecule has 0 saturated heterocycles. The summed E-state index contributed by atoms with van der Waals surface area (Å²) in [5.74, 6) is 0.631. The first kappa shape index (κ1) is 21.0. The van der Waals surface area contributed by atoms with Crippen molar-refractivity contribution in [3.8, 4) is 11.5 Å². The zero-order valence-electron chi connectivity index (χ0n) is 16.2. The zero-order valence-corrected chi connectivity index (χ0v) is 16.2. The van der Waals surface area contributed by atoms with Crippen LogP contribution >= 0.6 is 0 Å². The molecule has 0 unspecified atom stereocenters. The maximum Gasteiger partial charge on any atom is 0.331 e. The van der Waals surface area contributed by atoms with Crippen molar-refractivity contribution >= 4 is 17.7 Å². The van der Waals surface area contributed by atoms with Crippen LogP contribution in [0.2, 0.25) is 0 Å². The number of nitro benzene ring substituents is 1. The van der Waals surface area contributed by atoms with Gasteiger partial charge in [-0.3, -0.25) is 10.1 Å². The van der Waals surface area contributed by atoms with E-state index in [0.717, 1.165) is 5.56 Å². The standard InChI is InChI=1S/C21H23NO6/c1-14(2)27-19-10-8-16(12-20(19)26-4)9-11-21(23)28-15(3)17-6-5-7-18(13-17)22(24)25/h5-15H,1-4H3/b11-9+/t15-/m1/s1. The molecule has 7 nitrogen and oxygen atoms in total. The molecular weight excluding hydrogens is 362 g/mol. The van der Waals surface area contributed by atoms with Crippen molar-refractivity contribution in [2.24, 2.45) is 0 Å². The second-order valence-corrected chi connectivity index (χ2v) is 6.34. The predicted octanol–water partition coefficient (Wildman–Crippen LogP) is 4.71. The molecule has 2 aromatic carbocycles. The number of rotatable bonds is 8. The molecule has 0 aliphatic carbocycles. The minimum atomic E-state index is -0.617. The monoisotopic (exact) mass is 385 g/mol. The minimum Gasteiger partial charge on any atom is -0.493 e. The number of nitro groups is 1. The van der Waals surface area contributed by atoms with Crippen LogP contribution in [0.1, 0.15) is 38.0 Å². The Labute approximate surface area is 163 Å². The van der Waals surface area contributed by atoms with Crippen LogP contribution in [0.25, 0.3) is 6.08 Å². The van der Waals surface area contributed by atoms with Gasteiger partial charge in [-0.2, -0.15) is 0 Å². The first-order valence-corrected chi connectivity index (χ1v) is 8.78. The lowest BCUT2D eigenvalue weighted by molar-refractivity contribution is -0.385. The van der Waals surface area contributed by atoms with Gasteiger partial charge in [-0.1, -0.05) is 18.2 Å². The van der Waals surface area contributed by atoms with Gasteiger partial charge in [0.15, 0.2) is 11.5 Å². The molecule has 0 spiro atoms. The number of carbonyl (C=O) groups is 1. The fourth-order valence-corrected chi connectivity index (χ4v) is 2.48. The summed E-state index contributed by atoms with van der Waals surface area (Å²) in [4.78, 5) is 22.5. The average molecular weight is 385 g/mol. The van der Waals surface area contributed by atoms with Crippen molar-refractivity contribution in [2.75, 3.05) is 7.11 Å². The Morgan fingerprint density at radius 1 is 1.11 bits per heavy atom. The topological polar surface area (TPSA) is 87.9 Å². The van der Waals surface area contributed by atoms with Gasteiger partial charge in [0.25, 0.3) is 5.69 Å². The Hall–Kier alpha value is -3.35. The van der Waals surface area contributed by atoms with Crippen molar-refractivity contribution in [3.05, 3.63) is 69.8 Å². The molecule has 0 fully saturated rings. The molecule has 7 heteroatoms. The molecular formula is C21H23NO6. The maximum atomic E-state index is 12.1. The van der Waals surface area contributed by atoms with Crippen LogP contribution in [-0.2, 0) is 9.53 Å². The molecule has 148 valence electrons. The van der Waals surface area contributed by atoms with Gasteiger partial charge in [0.05, 0.1) is 18.1 Å². The van der Waals surface area contributed by atoms with Gasteiger partial charge in [-0.05, 0) is 50.1 Å². The molecule has 0 aliphatic heterocycles. The van der Waals surface area contributed by atoms with E-state index in [0.29, 0.717) is 17.1 Å². The van der Waals surface area contributed by atoms with Gasteiger partial charge in [0.2, 0.25) is 0 Å². The fraction of sp³-hybridized carbons (Fsp3) is 0.286. The molecule has 0 radical (unpaired) electrons. The molecule has 0 aromatic heterocycles. The lowest BCUT2D eigenvalue weighted by Gasteiger charge is -2.14. The van der Waals surface area contributed by atoms with Crippen LogP contribution in [0.4, 0.5) is 5.69 Å². The number of nitrogens with zero attached hydrogens (tertiary/aromatic N) is 1. The number of ether oxygens (including phenoxy) is 3. The van der Waals surface area contributed by atoms with Crippen molar-refractivity contribution in [1.29, 1.82) is 0 Å². The second kappa shape index (κ2) is 9.55. The number of hydrogen-bond acceptors (Lipinski definition) is 6. The highest BCUT2D eigenvalue weighted by atomic mass is 16.6. The van der Waals surface area contributed by atoms with Crippen LogP contribution in [0.15, 0.2) is 48.5 Å². The van der Waals surface area contributed by atoms with E-state index in [2.05, 4.69) is 0 Å². The van der Waals surface area contributed by atoms with Crippen LogP contribution in [-0.4, -0.2) is 24.1 Å². The molecule has 0 aliphatic rings. The molecule has 28 heavy (non-hydrogen) atoms. The summed E-state index contributed by atoms with van der Waals surface area (Å²) in [7, 11) is 1.55. The lowest BCUT2D eigenvalue weighted by Crippen LogP contribution is -2.07. The Bertz CT molecular complexity index is 875. The van der Waals surface area contributed by atoms with E-state index < -0.39 is 17.0 Å². The van der Waals surface area contributed by atoms with Crippen molar-refractivity contribution in [3.63, 3.8) is 0 Å². The van der Waals surface area contributed by atoms with Crippen molar-refractivity contribution in [2.45, 2.75) is 33.0 Å². The Kier molecular flexibility index (Phi) is 7.14. The Morgan fingerprint density at radius 2 is 1.86 bits per heavy atom. The van der Waals surface area contributed by atoms with E-state index in [4.69, 9.17) is 14.2 Å². The summed E-state index contributed by atoms with van der Waals surface area (Å²) in [6.45, 7) is 5.50. The number of carbonyl (C=O) groups excluding carboxylic acids is 1. The van der Waals surface area contributed by atoms with Gasteiger partial charge in [-0.15, -0.1) is 0 Å². The predicted molar refractivity (Wildman–Crippen MR) is 105 cm³/mol. The van der Waals surface area contributed by atoms with Crippen LogP contribution in [0, 0.1) is 10.1 Å². The van der Waals surface area contributed by atoms with E-state index >= 15 is 0 Å². The number of esters is 1. The number of methoxy groups -OCH3 is 1. The maximum absolute atomic E-state index is 12.1. The number of hydrogen-bond donors (Lipinski definition) is 0. The van der Waals surface area contributed by atoms with Gasteiger partial charge in [0, 0.05) is 18.2 Å². The third-order valence-electron chi connectivity index (χ3n) is 3.81. The first-order chi connectivity index (χ1) is 13.3. The van der Waals surface area contributed by atoms with Crippen LogP contribution in [0.3, 0.4) is 0 Å². The quantitative estimate of drug-likeness (QED) is 0.283. The average Bonchev–Trinajstić information content (AvgIpc) is 2.66. The van der Waals surface area contributed by atoms with Gasteiger partial charge in [-0.25, -0.2) is 4.79 Å². The Morgan fingerprint density at radius 3 is 2.50 bits per heavy atom. The summed E-state index contributed by atoms with van der Waals surface area (Å²) in [5.41, 5.74) is 1.24. The molecule has 1 atom stereocenters. The summed E-state index contributed by atoms with van der Waals surface area (Å²) < 4.78 is 16.3. The van der Waals surface area contributed by atoms with Crippen molar-refractivity contribution < 1.29 is 23.9 Å². The molecule has 0 saturated carbocycles. The van der Waals surface area contributed by atoms with E-state index in [1.54, 1.807) is 50.4 Å². The molecule has 0 amide bonds. The van der Waals surface area contributed by atoms with E-state index in [1.165, 1.54) is 18.2 Å². The molecule has 0 bridgehead atoms.